The van der Waals surface area contributed by atoms with Gasteiger partial charge in [0.05, 0.1) is 19.0 Å². The predicted molar refractivity (Wildman–Crippen MR) is 83.4 cm³/mol. The summed E-state index contributed by atoms with van der Waals surface area (Å²) in [6, 6.07) is 7.48. The monoisotopic (exact) mass is 378 g/mol. The SMILES string of the molecule is CC1(CS(C)(=O)=O)COCC(COc2ccc(Br)cc2)O1. The standard InChI is InChI=1S/C14H19BrO5S/c1-14(10-21(2,16)17)9-18-7-13(20-14)8-19-12-5-3-11(15)4-6-12/h3-6,13H,7-10H2,1-2H3. The van der Waals surface area contributed by atoms with E-state index < -0.39 is 15.4 Å². The molecule has 1 heterocycles. The minimum atomic E-state index is -3.13. The molecule has 2 unspecified atom stereocenters. The van der Waals surface area contributed by atoms with Gasteiger partial charge in [-0.1, -0.05) is 15.9 Å². The molecule has 21 heavy (non-hydrogen) atoms. The molecule has 2 atom stereocenters. The molecule has 1 fully saturated rings. The van der Waals surface area contributed by atoms with Gasteiger partial charge in [-0.25, -0.2) is 8.42 Å². The second-order valence-corrected chi connectivity index (χ2v) is 8.60. The largest absolute Gasteiger partial charge is 0.491 e. The van der Waals surface area contributed by atoms with Crippen LogP contribution in [0.1, 0.15) is 6.92 Å². The van der Waals surface area contributed by atoms with E-state index in [9.17, 15) is 8.42 Å². The van der Waals surface area contributed by atoms with E-state index in [1.807, 2.05) is 24.3 Å². The summed E-state index contributed by atoms with van der Waals surface area (Å²) in [4.78, 5) is 0. The van der Waals surface area contributed by atoms with Crippen LogP contribution in [0.4, 0.5) is 0 Å². The van der Waals surface area contributed by atoms with E-state index in [2.05, 4.69) is 15.9 Å². The molecule has 0 bridgehead atoms. The van der Waals surface area contributed by atoms with Crippen LogP contribution < -0.4 is 4.74 Å². The normalized spacial score (nSPS) is 26.5. The number of hydrogen-bond acceptors (Lipinski definition) is 5. The number of hydrogen-bond donors (Lipinski definition) is 0. The number of ether oxygens (including phenoxy) is 3. The molecule has 2 rings (SSSR count). The van der Waals surface area contributed by atoms with E-state index in [1.54, 1.807) is 6.92 Å². The Balaban J connectivity index is 1.90. The summed E-state index contributed by atoms with van der Waals surface area (Å²) < 4.78 is 40.9. The first-order valence-corrected chi connectivity index (χ1v) is 9.43. The summed E-state index contributed by atoms with van der Waals surface area (Å²) >= 11 is 3.36. The minimum Gasteiger partial charge on any atom is -0.491 e. The van der Waals surface area contributed by atoms with Gasteiger partial charge < -0.3 is 14.2 Å². The predicted octanol–water partition coefficient (Wildman–Crippen LogP) is 2.05. The maximum Gasteiger partial charge on any atom is 0.150 e. The van der Waals surface area contributed by atoms with Crippen molar-refractivity contribution in [2.75, 3.05) is 31.8 Å². The van der Waals surface area contributed by atoms with Crippen LogP contribution >= 0.6 is 15.9 Å². The van der Waals surface area contributed by atoms with Gasteiger partial charge in [-0.2, -0.15) is 0 Å². The molecule has 1 aliphatic heterocycles. The fourth-order valence-electron chi connectivity index (χ4n) is 2.31. The first-order valence-electron chi connectivity index (χ1n) is 6.57. The summed E-state index contributed by atoms with van der Waals surface area (Å²) in [7, 11) is -3.13. The molecule has 7 heteroatoms. The summed E-state index contributed by atoms with van der Waals surface area (Å²) in [6.07, 6.45) is 0.915. The highest BCUT2D eigenvalue weighted by atomic mass is 79.9. The molecule has 0 saturated carbocycles. The van der Waals surface area contributed by atoms with E-state index >= 15 is 0 Å². The Morgan fingerprint density at radius 1 is 1.38 bits per heavy atom. The van der Waals surface area contributed by atoms with Crippen LogP contribution in [0.5, 0.6) is 5.75 Å². The Labute approximate surface area is 133 Å². The highest BCUT2D eigenvalue weighted by Crippen LogP contribution is 2.23. The van der Waals surface area contributed by atoms with Gasteiger partial charge in [-0.3, -0.25) is 0 Å². The maximum absolute atomic E-state index is 11.5. The van der Waals surface area contributed by atoms with Crippen LogP contribution in [0, 0.1) is 0 Å². The molecule has 0 radical (unpaired) electrons. The molecular weight excluding hydrogens is 360 g/mol. The fourth-order valence-corrected chi connectivity index (χ4v) is 3.83. The van der Waals surface area contributed by atoms with Gasteiger partial charge in [0.15, 0.2) is 0 Å². The van der Waals surface area contributed by atoms with Crippen LogP contribution in [0.2, 0.25) is 0 Å². The van der Waals surface area contributed by atoms with Crippen LogP contribution in [0.25, 0.3) is 0 Å². The Kier molecular flexibility index (Phi) is 5.29. The van der Waals surface area contributed by atoms with Crippen LogP contribution in [0.15, 0.2) is 28.7 Å². The molecule has 1 aromatic carbocycles. The average molecular weight is 379 g/mol. The quantitative estimate of drug-likeness (QED) is 0.784. The Morgan fingerprint density at radius 3 is 2.67 bits per heavy atom. The third-order valence-corrected chi connectivity index (χ3v) is 4.64. The number of rotatable bonds is 5. The Bertz CT molecular complexity index is 572. The van der Waals surface area contributed by atoms with Gasteiger partial charge in [0.1, 0.15) is 33.9 Å². The van der Waals surface area contributed by atoms with Crippen molar-refractivity contribution in [3.63, 3.8) is 0 Å². The zero-order chi connectivity index (χ0) is 15.5. The lowest BCUT2D eigenvalue weighted by molar-refractivity contribution is -0.187. The van der Waals surface area contributed by atoms with E-state index in [0.717, 1.165) is 10.2 Å². The van der Waals surface area contributed by atoms with Crippen LogP contribution in [0.3, 0.4) is 0 Å². The molecule has 0 amide bonds. The third-order valence-electron chi connectivity index (χ3n) is 2.98. The highest BCUT2D eigenvalue weighted by Gasteiger charge is 2.37. The van der Waals surface area contributed by atoms with Gasteiger partial charge in [-0.15, -0.1) is 0 Å². The van der Waals surface area contributed by atoms with E-state index in [-0.39, 0.29) is 18.5 Å². The first kappa shape index (κ1) is 16.7. The summed E-state index contributed by atoms with van der Waals surface area (Å²) in [6.45, 7) is 2.74. The molecule has 1 aliphatic rings. The number of benzene rings is 1. The molecule has 0 N–H and O–H groups in total. The average Bonchev–Trinajstić information content (AvgIpc) is 2.35. The number of halogens is 1. The van der Waals surface area contributed by atoms with Crippen molar-refractivity contribution >= 4 is 25.8 Å². The van der Waals surface area contributed by atoms with Crippen molar-refractivity contribution in [3.8, 4) is 5.75 Å². The van der Waals surface area contributed by atoms with Gasteiger partial charge >= 0.3 is 0 Å². The lowest BCUT2D eigenvalue weighted by atomic mass is 10.1. The fraction of sp³-hybridized carbons (Fsp3) is 0.571. The van der Waals surface area contributed by atoms with Crippen LogP contribution in [-0.4, -0.2) is 52.0 Å². The Morgan fingerprint density at radius 2 is 2.05 bits per heavy atom. The molecule has 0 spiro atoms. The molecule has 1 aromatic rings. The van der Waals surface area contributed by atoms with E-state index in [4.69, 9.17) is 14.2 Å². The van der Waals surface area contributed by atoms with Crippen molar-refractivity contribution in [1.29, 1.82) is 0 Å². The van der Waals surface area contributed by atoms with Crippen molar-refractivity contribution in [1.82, 2.24) is 0 Å². The zero-order valence-electron chi connectivity index (χ0n) is 12.0. The summed E-state index contributed by atoms with van der Waals surface area (Å²) in [5, 5.41) is 0. The van der Waals surface area contributed by atoms with Gasteiger partial charge in [-0.05, 0) is 31.2 Å². The lowest BCUT2D eigenvalue weighted by Gasteiger charge is -2.37. The van der Waals surface area contributed by atoms with Gasteiger partial charge in [0.2, 0.25) is 0 Å². The Hall–Kier alpha value is -0.630. The molecule has 5 nitrogen and oxygen atoms in total. The van der Waals surface area contributed by atoms with E-state index in [1.165, 1.54) is 6.26 Å². The second-order valence-electron chi connectivity index (χ2n) is 5.54. The molecule has 118 valence electrons. The summed E-state index contributed by atoms with van der Waals surface area (Å²) in [5.41, 5.74) is -0.820. The zero-order valence-corrected chi connectivity index (χ0v) is 14.4. The van der Waals surface area contributed by atoms with Crippen molar-refractivity contribution in [2.24, 2.45) is 0 Å². The molecule has 0 aromatic heterocycles. The first-order chi connectivity index (χ1) is 9.76. The van der Waals surface area contributed by atoms with Gasteiger partial charge in [0.25, 0.3) is 0 Å². The van der Waals surface area contributed by atoms with Crippen molar-refractivity contribution in [2.45, 2.75) is 18.6 Å². The van der Waals surface area contributed by atoms with Gasteiger partial charge in [0, 0.05) is 10.7 Å². The van der Waals surface area contributed by atoms with Crippen LogP contribution in [-0.2, 0) is 19.3 Å². The van der Waals surface area contributed by atoms with E-state index in [0.29, 0.717) is 13.2 Å². The minimum absolute atomic E-state index is 0.0607. The lowest BCUT2D eigenvalue weighted by Crippen LogP contribution is -2.51. The molecular formula is C14H19BrO5S. The maximum atomic E-state index is 11.5. The van der Waals surface area contributed by atoms with Crippen molar-refractivity contribution < 1.29 is 22.6 Å². The second kappa shape index (κ2) is 6.64. The number of sulfone groups is 1. The van der Waals surface area contributed by atoms with Crippen molar-refractivity contribution in [3.05, 3.63) is 28.7 Å². The topological polar surface area (TPSA) is 61.8 Å². The molecule has 1 saturated heterocycles. The smallest absolute Gasteiger partial charge is 0.150 e. The molecule has 0 aliphatic carbocycles. The summed E-state index contributed by atoms with van der Waals surface area (Å²) in [5.74, 6) is 0.673. The highest BCUT2D eigenvalue weighted by molar-refractivity contribution is 9.10. The third kappa shape index (κ3) is 5.58.